The van der Waals surface area contributed by atoms with Crippen molar-refractivity contribution in [3.8, 4) is 22.3 Å². The quantitative estimate of drug-likeness (QED) is 0.182. The Morgan fingerprint density at radius 1 is 0.419 bits per heavy atom. The van der Waals surface area contributed by atoms with Crippen molar-refractivity contribution in [1.29, 1.82) is 0 Å². The van der Waals surface area contributed by atoms with Crippen LogP contribution in [0.25, 0.3) is 53.2 Å². The molecule has 1 aromatic heterocycles. The van der Waals surface area contributed by atoms with E-state index in [0.717, 1.165) is 15.8 Å². The van der Waals surface area contributed by atoms with E-state index in [1.54, 1.807) is 0 Å². The molecule has 204 valence electrons. The third kappa shape index (κ3) is 4.81. The van der Waals surface area contributed by atoms with Crippen LogP contribution in [0.3, 0.4) is 0 Å². The van der Waals surface area contributed by atoms with E-state index in [1.165, 1.54) is 58.9 Å². The van der Waals surface area contributed by atoms with Crippen molar-refractivity contribution in [2.75, 3.05) is 4.90 Å². The summed E-state index contributed by atoms with van der Waals surface area (Å²) in [5, 5.41) is 5.07. The molecule has 0 aliphatic heterocycles. The molecule has 0 amide bonds. The Morgan fingerprint density at radius 2 is 0.953 bits per heavy atom. The van der Waals surface area contributed by atoms with Crippen molar-refractivity contribution in [3.05, 3.63) is 162 Å². The predicted octanol–water partition coefficient (Wildman–Crippen LogP) is 12.8. The van der Waals surface area contributed by atoms with Gasteiger partial charge in [-0.25, -0.2) is 0 Å². The third-order valence-corrected chi connectivity index (χ3v) is 9.83. The molecule has 0 unspecified atom stereocenters. The van der Waals surface area contributed by atoms with Crippen LogP contribution >= 0.6 is 27.3 Å². The zero-order valence-corrected chi connectivity index (χ0v) is 25.6. The van der Waals surface area contributed by atoms with Crippen LogP contribution in [-0.2, 0) is 0 Å². The Balaban J connectivity index is 1.22. The zero-order valence-electron chi connectivity index (χ0n) is 23.2. The van der Waals surface area contributed by atoms with Gasteiger partial charge in [-0.15, -0.1) is 11.3 Å². The fraction of sp³-hybridized carbons (Fsp3) is 0. The molecule has 1 nitrogen and oxygen atoms in total. The summed E-state index contributed by atoms with van der Waals surface area (Å²) in [6.45, 7) is 0. The van der Waals surface area contributed by atoms with Crippen LogP contribution in [0, 0.1) is 0 Å². The summed E-state index contributed by atoms with van der Waals surface area (Å²) in [6, 6.07) is 57.1. The van der Waals surface area contributed by atoms with E-state index in [0.29, 0.717) is 0 Å². The highest BCUT2D eigenvalue weighted by molar-refractivity contribution is 9.10. The number of fused-ring (bicyclic) bond motifs is 4. The summed E-state index contributed by atoms with van der Waals surface area (Å²) in [7, 11) is 0. The van der Waals surface area contributed by atoms with Crippen LogP contribution in [0.1, 0.15) is 0 Å². The number of hydrogen-bond donors (Lipinski definition) is 0. The van der Waals surface area contributed by atoms with Crippen LogP contribution in [0.15, 0.2) is 162 Å². The molecule has 0 spiro atoms. The normalized spacial score (nSPS) is 11.4. The molecule has 0 saturated carbocycles. The van der Waals surface area contributed by atoms with E-state index in [9.17, 15) is 0 Å². The number of benzene rings is 7. The van der Waals surface area contributed by atoms with E-state index < -0.39 is 0 Å². The number of nitrogens with zero attached hydrogens (tertiary/aromatic N) is 1. The van der Waals surface area contributed by atoms with Crippen LogP contribution in [-0.4, -0.2) is 0 Å². The van der Waals surface area contributed by atoms with Crippen LogP contribution in [0.4, 0.5) is 17.1 Å². The minimum absolute atomic E-state index is 1.09. The largest absolute Gasteiger partial charge is 0.310 e. The van der Waals surface area contributed by atoms with Gasteiger partial charge in [0.15, 0.2) is 0 Å². The average Bonchev–Trinajstić information content (AvgIpc) is 3.44. The number of thiophene rings is 1. The van der Waals surface area contributed by atoms with Gasteiger partial charge in [-0.2, -0.15) is 0 Å². The first-order valence-corrected chi connectivity index (χ1v) is 16.0. The summed E-state index contributed by atoms with van der Waals surface area (Å²) in [6.07, 6.45) is 0. The molecule has 7 aromatic carbocycles. The molecule has 43 heavy (non-hydrogen) atoms. The number of rotatable bonds is 5. The van der Waals surface area contributed by atoms with E-state index in [1.807, 2.05) is 11.3 Å². The molecule has 0 atom stereocenters. The maximum atomic E-state index is 3.53. The Hall–Kier alpha value is -4.70. The van der Waals surface area contributed by atoms with Crippen LogP contribution in [0.2, 0.25) is 0 Å². The summed E-state index contributed by atoms with van der Waals surface area (Å²) < 4.78 is 3.72. The minimum Gasteiger partial charge on any atom is -0.310 e. The van der Waals surface area contributed by atoms with Gasteiger partial charge < -0.3 is 4.90 Å². The van der Waals surface area contributed by atoms with Crippen molar-refractivity contribution in [1.82, 2.24) is 0 Å². The van der Waals surface area contributed by atoms with Gasteiger partial charge in [-0.05, 0) is 82.2 Å². The summed E-state index contributed by atoms with van der Waals surface area (Å²) in [4.78, 5) is 2.40. The Bertz CT molecular complexity index is 2220. The summed E-state index contributed by atoms with van der Waals surface area (Å²) in [5.41, 5.74) is 8.28. The van der Waals surface area contributed by atoms with Crippen LogP contribution in [0.5, 0.6) is 0 Å². The highest BCUT2D eigenvalue weighted by Gasteiger charge is 2.17. The van der Waals surface area contributed by atoms with Gasteiger partial charge in [-0.3, -0.25) is 0 Å². The molecule has 0 radical (unpaired) electrons. The van der Waals surface area contributed by atoms with E-state index in [-0.39, 0.29) is 0 Å². The lowest BCUT2D eigenvalue weighted by molar-refractivity contribution is 1.30. The van der Waals surface area contributed by atoms with Crippen molar-refractivity contribution in [2.24, 2.45) is 0 Å². The smallest absolute Gasteiger partial charge is 0.0540 e. The van der Waals surface area contributed by atoms with Gasteiger partial charge >= 0.3 is 0 Å². The lowest BCUT2D eigenvalue weighted by Gasteiger charge is -2.27. The number of halogens is 1. The maximum Gasteiger partial charge on any atom is 0.0540 e. The molecule has 0 bridgehead atoms. The van der Waals surface area contributed by atoms with E-state index in [4.69, 9.17) is 0 Å². The zero-order chi connectivity index (χ0) is 28.8. The van der Waals surface area contributed by atoms with E-state index in [2.05, 4.69) is 179 Å². The molecule has 0 N–H and O–H groups in total. The first-order valence-electron chi connectivity index (χ1n) is 14.4. The molecule has 8 rings (SSSR count). The molecular formula is C40H26BrNS. The highest BCUT2D eigenvalue weighted by atomic mass is 79.9. The first-order chi connectivity index (χ1) is 21.2. The molecule has 8 aromatic rings. The lowest BCUT2D eigenvalue weighted by Crippen LogP contribution is -2.10. The standard InChI is InChI=1S/C40H26BrNS/c41-32-20-16-29(17-21-32)27-12-14-28(15-13-27)30-18-22-33(23-19-30)42(38-10-5-7-31-6-1-2-8-35(31)38)34-24-25-40-37(26-34)36-9-3-4-11-39(36)43-40/h1-26H. The second-order valence-corrected chi connectivity index (χ2v) is 12.7. The average molecular weight is 633 g/mol. The SMILES string of the molecule is Brc1ccc(-c2ccc(-c3ccc(N(c4ccc5sc6ccccc6c5c4)c4cccc5ccccc45)cc3)cc2)cc1. The third-order valence-electron chi connectivity index (χ3n) is 8.15. The topological polar surface area (TPSA) is 3.24 Å². The molecule has 0 aliphatic rings. The second-order valence-electron chi connectivity index (χ2n) is 10.7. The van der Waals surface area contributed by atoms with Crippen LogP contribution < -0.4 is 4.90 Å². The Morgan fingerprint density at radius 3 is 1.67 bits per heavy atom. The van der Waals surface area contributed by atoms with E-state index >= 15 is 0 Å². The lowest BCUT2D eigenvalue weighted by atomic mass is 10.00. The molecule has 0 saturated heterocycles. The summed E-state index contributed by atoms with van der Waals surface area (Å²) in [5.74, 6) is 0. The van der Waals surface area contributed by atoms with Gasteiger partial charge in [0.2, 0.25) is 0 Å². The maximum absolute atomic E-state index is 3.53. The van der Waals surface area contributed by atoms with Crippen molar-refractivity contribution in [2.45, 2.75) is 0 Å². The monoisotopic (exact) mass is 631 g/mol. The predicted molar refractivity (Wildman–Crippen MR) is 190 cm³/mol. The van der Waals surface area contributed by atoms with Gasteiger partial charge in [-0.1, -0.05) is 119 Å². The molecular weight excluding hydrogens is 606 g/mol. The fourth-order valence-electron chi connectivity index (χ4n) is 5.98. The molecule has 0 aliphatic carbocycles. The molecule has 3 heteroatoms. The van der Waals surface area contributed by atoms with Gasteiger partial charge in [0.1, 0.15) is 0 Å². The van der Waals surface area contributed by atoms with Gasteiger partial charge in [0.05, 0.1) is 5.69 Å². The van der Waals surface area contributed by atoms with Crippen molar-refractivity contribution < 1.29 is 0 Å². The van der Waals surface area contributed by atoms with Gasteiger partial charge in [0, 0.05) is 41.4 Å². The summed E-state index contributed by atoms with van der Waals surface area (Å²) >= 11 is 5.39. The highest BCUT2D eigenvalue weighted by Crippen LogP contribution is 2.43. The molecule has 1 heterocycles. The molecule has 0 fully saturated rings. The van der Waals surface area contributed by atoms with Crippen molar-refractivity contribution in [3.63, 3.8) is 0 Å². The number of anilines is 3. The second kappa shape index (κ2) is 10.9. The number of hydrogen-bond acceptors (Lipinski definition) is 2. The Labute approximate surface area is 263 Å². The minimum atomic E-state index is 1.09. The van der Waals surface area contributed by atoms with Crippen molar-refractivity contribution >= 4 is 75.3 Å². The Kier molecular flexibility index (Phi) is 6.55. The van der Waals surface area contributed by atoms with Gasteiger partial charge in [0.25, 0.3) is 0 Å². The fourth-order valence-corrected chi connectivity index (χ4v) is 7.33. The first kappa shape index (κ1) is 26.0.